The van der Waals surface area contributed by atoms with Crippen LogP contribution in [0, 0.1) is 0 Å². The SMILES string of the molecule is C=CCC(O)(c1ccccc1Cl)P(=O)(OCC)OCC. The van der Waals surface area contributed by atoms with Crippen molar-refractivity contribution in [2.24, 2.45) is 0 Å². The highest BCUT2D eigenvalue weighted by Gasteiger charge is 2.51. The second-order valence-corrected chi connectivity index (χ2v) is 6.78. The minimum atomic E-state index is -3.81. The van der Waals surface area contributed by atoms with Crippen LogP contribution in [-0.4, -0.2) is 18.3 Å². The van der Waals surface area contributed by atoms with Gasteiger partial charge in [-0.15, -0.1) is 6.58 Å². The molecule has 0 amide bonds. The predicted molar refractivity (Wildman–Crippen MR) is 81.0 cm³/mol. The van der Waals surface area contributed by atoms with Crippen molar-refractivity contribution in [2.45, 2.75) is 25.6 Å². The van der Waals surface area contributed by atoms with E-state index in [-0.39, 0.29) is 19.6 Å². The maximum Gasteiger partial charge on any atom is 0.366 e. The number of benzene rings is 1. The highest BCUT2D eigenvalue weighted by Crippen LogP contribution is 2.65. The lowest BCUT2D eigenvalue weighted by Crippen LogP contribution is -2.28. The van der Waals surface area contributed by atoms with Crippen LogP contribution >= 0.6 is 19.2 Å². The first-order valence-electron chi connectivity index (χ1n) is 6.42. The van der Waals surface area contributed by atoms with Crippen LogP contribution in [0.25, 0.3) is 0 Å². The van der Waals surface area contributed by atoms with E-state index in [1.807, 2.05) is 0 Å². The average molecular weight is 319 g/mol. The highest BCUT2D eigenvalue weighted by atomic mass is 35.5. The van der Waals surface area contributed by atoms with Crippen molar-refractivity contribution in [3.8, 4) is 0 Å². The third kappa shape index (κ3) is 3.33. The van der Waals surface area contributed by atoms with E-state index in [4.69, 9.17) is 20.6 Å². The lowest BCUT2D eigenvalue weighted by molar-refractivity contribution is 0.0677. The molecule has 0 aliphatic rings. The van der Waals surface area contributed by atoms with Crippen molar-refractivity contribution in [1.29, 1.82) is 0 Å². The number of aliphatic hydroxyl groups is 1. The van der Waals surface area contributed by atoms with E-state index < -0.39 is 12.9 Å². The zero-order valence-corrected chi connectivity index (χ0v) is 13.4. The van der Waals surface area contributed by atoms with Gasteiger partial charge in [0.25, 0.3) is 0 Å². The number of halogens is 1. The average Bonchev–Trinajstić information content (AvgIpc) is 2.39. The third-order valence-electron chi connectivity index (χ3n) is 2.79. The molecular weight excluding hydrogens is 299 g/mol. The third-order valence-corrected chi connectivity index (χ3v) is 5.64. The Balaban J connectivity index is 3.43. The van der Waals surface area contributed by atoms with Gasteiger partial charge in [-0.1, -0.05) is 35.9 Å². The molecule has 0 fully saturated rings. The Kier molecular flexibility index (Phi) is 6.44. The second kappa shape index (κ2) is 7.39. The maximum absolute atomic E-state index is 13.0. The molecule has 0 aliphatic heterocycles. The van der Waals surface area contributed by atoms with Gasteiger partial charge in [0.2, 0.25) is 0 Å². The molecule has 0 aliphatic carbocycles. The van der Waals surface area contributed by atoms with E-state index in [2.05, 4.69) is 6.58 Å². The minimum Gasteiger partial charge on any atom is -0.373 e. The molecule has 1 aromatic carbocycles. The van der Waals surface area contributed by atoms with Crippen LogP contribution in [0.2, 0.25) is 5.02 Å². The van der Waals surface area contributed by atoms with Crippen molar-refractivity contribution in [3.63, 3.8) is 0 Å². The molecule has 1 aromatic rings. The van der Waals surface area contributed by atoms with Crippen LogP contribution in [-0.2, 0) is 19.0 Å². The van der Waals surface area contributed by atoms with E-state index in [0.717, 1.165) is 0 Å². The molecule has 1 N–H and O–H groups in total. The van der Waals surface area contributed by atoms with Crippen LogP contribution in [0.15, 0.2) is 36.9 Å². The van der Waals surface area contributed by atoms with Gasteiger partial charge in [0.05, 0.1) is 13.2 Å². The van der Waals surface area contributed by atoms with Crippen LogP contribution in [0.3, 0.4) is 0 Å². The summed E-state index contributed by atoms with van der Waals surface area (Å²) in [6, 6.07) is 6.66. The highest BCUT2D eigenvalue weighted by molar-refractivity contribution is 7.55. The Morgan fingerprint density at radius 2 is 1.90 bits per heavy atom. The topological polar surface area (TPSA) is 55.8 Å². The fourth-order valence-corrected chi connectivity index (χ4v) is 4.33. The van der Waals surface area contributed by atoms with Crippen molar-refractivity contribution >= 4 is 19.2 Å². The molecule has 0 aromatic heterocycles. The van der Waals surface area contributed by atoms with E-state index >= 15 is 0 Å². The molecule has 0 radical (unpaired) electrons. The van der Waals surface area contributed by atoms with Crippen molar-refractivity contribution in [1.82, 2.24) is 0 Å². The summed E-state index contributed by atoms with van der Waals surface area (Å²) in [5.74, 6) is 0. The molecule has 112 valence electrons. The van der Waals surface area contributed by atoms with Gasteiger partial charge in [0.15, 0.2) is 5.34 Å². The van der Waals surface area contributed by atoms with Gasteiger partial charge in [-0.3, -0.25) is 4.57 Å². The van der Waals surface area contributed by atoms with E-state index in [1.165, 1.54) is 6.08 Å². The Morgan fingerprint density at radius 3 is 2.35 bits per heavy atom. The van der Waals surface area contributed by atoms with E-state index in [1.54, 1.807) is 38.1 Å². The molecule has 0 saturated carbocycles. The summed E-state index contributed by atoms with van der Waals surface area (Å²) in [7, 11) is -3.81. The first-order valence-corrected chi connectivity index (χ1v) is 8.34. The molecule has 6 heteroatoms. The smallest absolute Gasteiger partial charge is 0.366 e. The second-order valence-electron chi connectivity index (χ2n) is 4.12. The van der Waals surface area contributed by atoms with Gasteiger partial charge in [-0.2, -0.15) is 0 Å². The van der Waals surface area contributed by atoms with Gasteiger partial charge < -0.3 is 14.2 Å². The number of hydrogen-bond acceptors (Lipinski definition) is 4. The Hall–Kier alpha value is -0.640. The molecule has 1 rings (SSSR count). The summed E-state index contributed by atoms with van der Waals surface area (Å²) in [4.78, 5) is 0. The summed E-state index contributed by atoms with van der Waals surface area (Å²) in [5, 5.41) is 9.43. The van der Waals surface area contributed by atoms with Gasteiger partial charge in [-0.25, -0.2) is 0 Å². The maximum atomic E-state index is 13.0. The Morgan fingerprint density at radius 1 is 1.35 bits per heavy atom. The van der Waals surface area contributed by atoms with Gasteiger partial charge >= 0.3 is 7.60 Å². The van der Waals surface area contributed by atoms with Crippen molar-refractivity contribution in [2.75, 3.05) is 13.2 Å². The lowest BCUT2D eigenvalue weighted by Gasteiger charge is -2.34. The van der Waals surface area contributed by atoms with Crippen molar-refractivity contribution < 1.29 is 18.7 Å². The van der Waals surface area contributed by atoms with Gasteiger partial charge in [-0.05, 0) is 19.9 Å². The molecule has 1 unspecified atom stereocenters. The first-order chi connectivity index (χ1) is 9.45. The quantitative estimate of drug-likeness (QED) is 0.572. The Bertz CT molecular complexity index is 496. The fourth-order valence-electron chi connectivity index (χ4n) is 1.95. The molecule has 4 nitrogen and oxygen atoms in total. The molecule has 1 atom stereocenters. The summed E-state index contributed by atoms with van der Waals surface area (Å²) in [6.45, 7) is 7.28. The van der Waals surface area contributed by atoms with Crippen LogP contribution < -0.4 is 0 Å². The van der Waals surface area contributed by atoms with Gasteiger partial charge in [0.1, 0.15) is 0 Å². The summed E-state index contributed by atoms with van der Waals surface area (Å²) >= 11 is 6.12. The number of rotatable bonds is 8. The zero-order valence-electron chi connectivity index (χ0n) is 11.7. The molecular formula is C14H20ClO4P. The normalized spacial score (nSPS) is 14.8. The lowest BCUT2D eigenvalue weighted by atomic mass is 10.1. The fraction of sp³-hybridized carbons (Fsp3) is 0.429. The van der Waals surface area contributed by atoms with Crippen molar-refractivity contribution in [3.05, 3.63) is 47.5 Å². The standard InChI is InChI=1S/C14H20ClO4P/c1-4-11-14(16,12-9-7-8-10-13(12)15)20(17,18-5-2)19-6-3/h4,7-10,16H,1,5-6,11H2,2-3H3. The molecule has 0 heterocycles. The molecule has 0 spiro atoms. The van der Waals surface area contributed by atoms with Crippen LogP contribution in [0.1, 0.15) is 25.8 Å². The first kappa shape index (κ1) is 17.4. The Labute approximate surface area is 124 Å². The minimum absolute atomic E-state index is 0.00795. The summed E-state index contributed by atoms with van der Waals surface area (Å²) in [5.41, 5.74) is 0.312. The van der Waals surface area contributed by atoms with E-state index in [0.29, 0.717) is 10.6 Å². The summed E-state index contributed by atoms with van der Waals surface area (Å²) in [6.07, 6.45) is 1.47. The van der Waals surface area contributed by atoms with Crippen LogP contribution in [0.5, 0.6) is 0 Å². The molecule has 20 heavy (non-hydrogen) atoms. The zero-order chi connectivity index (χ0) is 15.2. The number of hydrogen-bond donors (Lipinski definition) is 1. The largest absolute Gasteiger partial charge is 0.373 e. The summed E-state index contributed by atoms with van der Waals surface area (Å²) < 4.78 is 23.5. The van der Waals surface area contributed by atoms with E-state index in [9.17, 15) is 9.67 Å². The molecule has 0 bridgehead atoms. The molecule has 0 saturated heterocycles. The monoisotopic (exact) mass is 318 g/mol. The predicted octanol–water partition coefficient (Wildman–Crippen LogP) is 4.33. The van der Waals surface area contributed by atoms with Crippen LogP contribution in [0.4, 0.5) is 0 Å². The van der Waals surface area contributed by atoms with Gasteiger partial charge in [0, 0.05) is 17.0 Å².